The fourth-order valence-electron chi connectivity index (χ4n) is 3.54. The second kappa shape index (κ2) is 8.14. The maximum atomic E-state index is 13.3. The Bertz CT molecular complexity index is 1400. The number of nitrogens with zero attached hydrogens (tertiary/aromatic N) is 4. The zero-order valence-electron chi connectivity index (χ0n) is 17.5. The monoisotopic (exact) mass is 429 g/mol. The first-order valence-corrected chi connectivity index (χ1v) is 10.0. The van der Waals surface area contributed by atoms with Gasteiger partial charge in [-0.25, -0.2) is 14.4 Å². The van der Waals surface area contributed by atoms with E-state index in [-0.39, 0.29) is 5.82 Å². The Hall–Kier alpha value is -4.20. The van der Waals surface area contributed by atoms with Crippen LogP contribution in [0.15, 0.2) is 66.7 Å². The molecule has 2 aromatic heterocycles. The topological polar surface area (TPSA) is 73.6 Å². The SMILES string of the molecule is COc1cc2nc(NCc3ccc(F)cc3)n3nc(-c4ccccc4)nc3c2cc1OC. The van der Waals surface area contributed by atoms with Gasteiger partial charge in [-0.05, 0) is 23.8 Å². The number of halogens is 1. The number of anilines is 1. The Morgan fingerprint density at radius 1 is 0.906 bits per heavy atom. The Morgan fingerprint density at radius 3 is 2.34 bits per heavy atom. The quantitative estimate of drug-likeness (QED) is 0.421. The number of benzene rings is 3. The molecule has 0 unspecified atom stereocenters. The Balaban J connectivity index is 1.67. The van der Waals surface area contributed by atoms with E-state index >= 15 is 0 Å². The van der Waals surface area contributed by atoms with Crippen molar-refractivity contribution in [2.24, 2.45) is 0 Å². The van der Waals surface area contributed by atoms with E-state index in [4.69, 9.17) is 24.5 Å². The van der Waals surface area contributed by atoms with Crippen LogP contribution in [0.5, 0.6) is 11.5 Å². The van der Waals surface area contributed by atoms with Crippen LogP contribution < -0.4 is 14.8 Å². The molecule has 0 saturated carbocycles. The first-order chi connectivity index (χ1) is 15.7. The van der Waals surface area contributed by atoms with Crippen molar-refractivity contribution < 1.29 is 13.9 Å². The lowest BCUT2D eigenvalue weighted by molar-refractivity contribution is 0.356. The minimum absolute atomic E-state index is 0.273. The molecule has 8 heteroatoms. The van der Waals surface area contributed by atoms with Crippen molar-refractivity contribution in [3.63, 3.8) is 0 Å². The van der Waals surface area contributed by atoms with Gasteiger partial charge in [0.2, 0.25) is 5.95 Å². The lowest BCUT2D eigenvalue weighted by Crippen LogP contribution is -2.08. The van der Waals surface area contributed by atoms with E-state index in [1.807, 2.05) is 42.5 Å². The van der Waals surface area contributed by atoms with Gasteiger partial charge in [-0.3, -0.25) is 0 Å². The second-order valence-electron chi connectivity index (χ2n) is 7.18. The number of nitrogens with one attached hydrogen (secondary N) is 1. The zero-order valence-corrected chi connectivity index (χ0v) is 17.5. The van der Waals surface area contributed by atoms with Gasteiger partial charge in [0, 0.05) is 23.6 Å². The molecule has 0 fully saturated rings. The van der Waals surface area contributed by atoms with Crippen molar-refractivity contribution in [3.05, 3.63) is 78.1 Å². The molecule has 0 bridgehead atoms. The average molecular weight is 429 g/mol. The molecule has 160 valence electrons. The first-order valence-electron chi connectivity index (χ1n) is 10.0. The van der Waals surface area contributed by atoms with E-state index < -0.39 is 0 Å². The summed E-state index contributed by atoms with van der Waals surface area (Å²) in [5.41, 5.74) is 3.13. The molecule has 3 aromatic carbocycles. The minimum atomic E-state index is -0.273. The third-order valence-electron chi connectivity index (χ3n) is 5.17. The fourth-order valence-corrected chi connectivity index (χ4v) is 3.54. The summed E-state index contributed by atoms with van der Waals surface area (Å²) in [4.78, 5) is 9.56. The fraction of sp³-hybridized carbons (Fsp3) is 0.125. The molecule has 0 amide bonds. The van der Waals surface area contributed by atoms with E-state index in [0.29, 0.717) is 41.0 Å². The normalized spacial score (nSPS) is 11.1. The molecule has 0 aliphatic heterocycles. The molecule has 7 nitrogen and oxygen atoms in total. The van der Waals surface area contributed by atoms with E-state index in [0.717, 1.165) is 16.5 Å². The van der Waals surface area contributed by atoms with Crippen LogP contribution in [0.4, 0.5) is 10.3 Å². The third-order valence-corrected chi connectivity index (χ3v) is 5.17. The summed E-state index contributed by atoms with van der Waals surface area (Å²) < 4.78 is 25.9. The largest absolute Gasteiger partial charge is 0.493 e. The number of ether oxygens (including phenoxy) is 2. The lowest BCUT2D eigenvalue weighted by Gasteiger charge is -2.12. The molecule has 0 radical (unpaired) electrons. The summed E-state index contributed by atoms with van der Waals surface area (Å²) >= 11 is 0. The van der Waals surface area contributed by atoms with Gasteiger partial charge in [-0.15, -0.1) is 5.10 Å². The van der Waals surface area contributed by atoms with Crippen LogP contribution in [0.25, 0.3) is 27.9 Å². The van der Waals surface area contributed by atoms with Crippen LogP contribution in [-0.4, -0.2) is 33.8 Å². The highest BCUT2D eigenvalue weighted by Gasteiger charge is 2.17. The number of aromatic nitrogens is 4. The van der Waals surface area contributed by atoms with Crippen LogP contribution in [0, 0.1) is 5.82 Å². The van der Waals surface area contributed by atoms with Crippen molar-refractivity contribution in [2.75, 3.05) is 19.5 Å². The molecule has 0 aliphatic carbocycles. The van der Waals surface area contributed by atoms with Gasteiger partial charge in [0.25, 0.3) is 0 Å². The Kier molecular flexibility index (Phi) is 5.03. The van der Waals surface area contributed by atoms with Gasteiger partial charge in [0.1, 0.15) is 5.82 Å². The van der Waals surface area contributed by atoms with Crippen LogP contribution in [0.3, 0.4) is 0 Å². The van der Waals surface area contributed by atoms with Crippen molar-refractivity contribution in [2.45, 2.75) is 6.54 Å². The van der Waals surface area contributed by atoms with Gasteiger partial charge in [-0.1, -0.05) is 42.5 Å². The van der Waals surface area contributed by atoms with Crippen LogP contribution in [0.2, 0.25) is 0 Å². The van der Waals surface area contributed by atoms with Crippen molar-refractivity contribution >= 4 is 22.5 Å². The highest BCUT2D eigenvalue weighted by molar-refractivity contribution is 5.95. The molecule has 0 spiro atoms. The van der Waals surface area contributed by atoms with E-state index in [1.54, 1.807) is 30.9 Å². The molecular weight excluding hydrogens is 409 g/mol. The summed E-state index contributed by atoms with van der Waals surface area (Å²) in [6, 6.07) is 19.7. The van der Waals surface area contributed by atoms with E-state index in [9.17, 15) is 4.39 Å². The number of hydrogen-bond acceptors (Lipinski definition) is 6. The van der Waals surface area contributed by atoms with Crippen molar-refractivity contribution in [1.29, 1.82) is 0 Å². The molecule has 5 aromatic rings. The second-order valence-corrected chi connectivity index (χ2v) is 7.18. The third kappa shape index (κ3) is 3.56. The molecule has 0 aliphatic rings. The number of methoxy groups -OCH3 is 2. The molecule has 32 heavy (non-hydrogen) atoms. The Morgan fingerprint density at radius 2 is 1.62 bits per heavy atom. The van der Waals surface area contributed by atoms with E-state index in [1.165, 1.54) is 12.1 Å². The highest BCUT2D eigenvalue weighted by atomic mass is 19.1. The summed E-state index contributed by atoms with van der Waals surface area (Å²) in [7, 11) is 3.17. The predicted octanol–water partition coefficient (Wildman–Crippen LogP) is 4.71. The Labute approximate surface area is 183 Å². The van der Waals surface area contributed by atoms with Gasteiger partial charge in [0.15, 0.2) is 23.0 Å². The number of hydrogen-bond donors (Lipinski definition) is 1. The lowest BCUT2D eigenvalue weighted by atomic mass is 10.2. The zero-order chi connectivity index (χ0) is 22.1. The maximum Gasteiger partial charge on any atom is 0.226 e. The molecule has 0 atom stereocenters. The average Bonchev–Trinajstić information content (AvgIpc) is 3.29. The molecule has 0 saturated heterocycles. The smallest absolute Gasteiger partial charge is 0.226 e. The first kappa shape index (κ1) is 19.7. The highest BCUT2D eigenvalue weighted by Crippen LogP contribution is 2.34. The maximum absolute atomic E-state index is 13.3. The molecule has 2 heterocycles. The van der Waals surface area contributed by atoms with E-state index in [2.05, 4.69) is 5.32 Å². The summed E-state index contributed by atoms with van der Waals surface area (Å²) in [5.74, 6) is 1.98. The van der Waals surface area contributed by atoms with Crippen LogP contribution in [-0.2, 0) is 6.54 Å². The summed E-state index contributed by atoms with van der Waals surface area (Å²) in [6.07, 6.45) is 0. The van der Waals surface area contributed by atoms with Gasteiger partial charge < -0.3 is 14.8 Å². The minimum Gasteiger partial charge on any atom is -0.493 e. The predicted molar refractivity (Wildman–Crippen MR) is 121 cm³/mol. The van der Waals surface area contributed by atoms with Crippen LogP contribution >= 0.6 is 0 Å². The van der Waals surface area contributed by atoms with Crippen LogP contribution in [0.1, 0.15) is 5.56 Å². The van der Waals surface area contributed by atoms with Crippen molar-refractivity contribution in [1.82, 2.24) is 19.6 Å². The standard InChI is InChI=1S/C24H20FN5O2/c1-31-20-12-18-19(13-21(20)32-2)27-24(26-14-15-8-10-17(25)11-9-15)30-23(18)28-22(29-30)16-6-4-3-5-7-16/h3-13H,14H2,1-2H3,(H,26,27). The van der Waals surface area contributed by atoms with Gasteiger partial charge in [0.05, 0.1) is 19.7 Å². The van der Waals surface area contributed by atoms with Crippen molar-refractivity contribution in [3.8, 4) is 22.9 Å². The number of fused-ring (bicyclic) bond motifs is 3. The summed E-state index contributed by atoms with van der Waals surface area (Å²) in [6.45, 7) is 0.446. The number of rotatable bonds is 6. The summed E-state index contributed by atoms with van der Waals surface area (Å²) in [5, 5.41) is 8.79. The van der Waals surface area contributed by atoms with Gasteiger partial charge >= 0.3 is 0 Å². The molecular formula is C24H20FN5O2. The van der Waals surface area contributed by atoms with Gasteiger partial charge in [-0.2, -0.15) is 4.52 Å². The molecule has 1 N–H and O–H groups in total. The molecule has 5 rings (SSSR count).